The summed E-state index contributed by atoms with van der Waals surface area (Å²) in [6.45, 7) is 6.79. The number of rotatable bonds is 6. The molecule has 8 nitrogen and oxygen atoms in total. The molecule has 0 radical (unpaired) electrons. The van der Waals surface area contributed by atoms with Crippen molar-refractivity contribution in [3.05, 3.63) is 65.1 Å². The lowest BCUT2D eigenvalue weighted by molar-refractivity contribution is -0.577. The van der Waals surface area contributed by atoms with Crippen LogP contribution in [-0.2, 0) is 4.79 Å². The molecule has 1 aliphatic rings. The number of carbonyl (C=O) groups is 2. The van der Waals surface area contributed by atoms with Crippen molar-refractivity contribution in [3.8, 4) is 5.75 Å². The Hall–Kier alpha value is -3.88. The van der Waals surface area contributed by atoms with Crippen molar-refractivity contribution in [2.24, 2.45) is 0 Å². The van der Waals surface area contributed by atoms with Crippen LogP contribution in [0.5, 0.6) is 5.75 Å². The Balaban J connectivity index is 1.75. The molecule has 0 saturated carbocycles. The number of carbonyl (C=O) groups excluding carboxylic acids is 2. The number of piperazine rings is 1. The Morgan fingerprint density at radius 2 is 1.97 bits per heavy atom. The van der Waals surface area contributed by atoms with E-state index < -0.39 is 11.6 Å². The van der Waals surface area contributed by atoms with Gasteiger partial charge in [-0.15, -0.1) is 0 Å². The maximum absolute atomic E-state index is 15.4. The number of anilines is 1. The minimum atomic E-state index is -0.560. The third kappa shape index (κ3) is 4.73. The molecule has 2 aromatic heterocycles. The molecule has 34 heavy (non-hydrogen) atoms. The van der Waals surface area contributed by atoms with Gasteiger partial charge >= 0.3 is 0 Å². The largest absolute Gasteiger partial charge is 0.618 e. The van der Waals surface area contributed by atoms with Crippen LogP contribution < -0.4 is 14.4 Å². The predicted octanol–water partition coefficient (Wildman–Crippen LogP) is 3.56. The third-order valence-electron chi connectivity index (χ3n) is 5.62. The van der Waals surface area contributed by atoms with E-state index in [2.05, 4.69) is 0 Å². The molecule has 0 bridgehead atoms. The van der Waals surface area contributed by atoms with E-state index in [1.165, 1.54) is 43.7 Å². The first-order valence-electron chi connectivity index (χ1n) is 11.1. The fourth-order valence-electron chi connectivity index (χ4n) is 4.02. The molecule has 1 aliphatic heterocycles. The number of amides is 1. The number of hydrogen-bond acceptors (Lipinski definition) is 6. The lowest BCUT2D eigenvalue weighted by Crippen LogP contribution is -2.48. The Bertz CT molecular complexity index is 1250. The van der Waals surface area contributed by atoms with Crippen LogP contribution in [0.4, 0.5) is 10.1 Å². The summed E-state index contributed by atoms with van der Waals surface area (Å²) >= 11 is 0. The normalized spacial score (nSPS) is 14.4. The van der Waals surface area contributed by atoms with Crippen LogP contribution in [0.15, 0.2) is 47.2 Å². The molecule has 1 aromatic carbocycles. The fraction of sp³-hybridized carbons (Fsp3) is 0.320. The topological polar surface area (TPSA) is 89.9 Å². The molecule has 0 N–H and O–H groups in total. The van der Waals surface area contributed by atoms with Crippen molar-refractivity contribution < 1.29 is 27.9 Å². The van der Waals surface area contributed by atoms with Crippen molar-refractivity contribution in [2.75, 3.05) is 31.1 Å². The zero-order valence-electron chi connectivity index (χ0n) is 19.3. The number of hydrogen-bond donors (Lipinski definition) is 0. The van der Waals surface area contributed by atoms with Gasteiger partial charge in [0.25, 0.3) is 5.52 Å². The monoisotopic (exact) mass is 467 g/mol. The smallest absolute Gasteiger partial charge is 0.268 e. The number of aromatic nitrogens is 1. The summed E-state index contributed by atoms with van der Waals surface area (Å²) in [5, 5.41) is 13.3. The second-order valence-electron chi connectivity index (χ2n) is 8.40. The molecule has 1 fully saturated rings. The molecule has 0 spiro atoms. The standard InChI is InChI=1S/C25H26FN3O5/c1-16(2)34-25-23-18(14-21(26)24(25)28-10-8-27(9-11-28)17(3)30)13-19(15-29(23)32)22(31)7-6-20-5-4-12-33-20/h4-7,12-16H,8-11H2,1-3H3. The van der Waals surface area contributed by atoms with E-state index in [-0.39, 0.29) is 39.9 Å². The Morgan fingerprint density at radius 1 is 1.24 bits per heavy atom. The highest BCUT2D eigenvalue weighted by molar-refractivity contribution is 6.08. The van der Waals surface area contributed by atoms with Crippen LogP contribution in [0.3, 0.4) is 0 Å². The van der Waals surface area contributed by atoms with E-state index in [1.54, 1.807) is 35.8 Å². The first-order chi connectivity index (χ1) is 16.2. The molecule has 178 valence electrons. The second-order valence-corrected chi connectivity index (χ2v) is 8.40. The molecular formula is C25H26FN3O5. The number of nitrogens with zero attached hydrogens (tertiary/aromatic N) is 3. The first kappa shape index (κ1) is 23.3. The zero-order valence-corrected chi connectivity index (χ0v) is 19.3. The highest BCUT2D eigenvalue weighted by Crippen LogP contribution is 2.39. The summed E-state index contributed by atoms with van der Waals surface area (Å²) in [6, 6.07) is 6.12. The van der Waals surface area contributed by atoms with Crippen molar-refractivity contribution in [3.63, 3.8) is 0 Å². The summed E-state index contributed by atoms with van der Waals surface area (Å²) in [5.74, 6) is -0.388. The second kappa shape index (κ2) is 9.54. The highest BCUT2D eigenvalue weighted by atomic mass is 19.1. The summed E-state index contributed by atoms with van der Waals surface area (Å²) < 4.78 is 27.1. The summed E-state index contributed by atoms with van der Waals surface area (Å²) in [6.07, 6.45) is 5.13. The fourth-order valence-corrected chi connectivity index (χ4v) is 4.02. The number of benzene rings is 1. The van der Waals surface area contributed by atoms with Gasteiger partial charge in [-0.2, -0.15) is 4.73 Å². The quantitative estimate of drug-likeness (QED) is 0.238. The van der Waals surface area contributed by atoms with E-state index in [9.17, 15) is 14.8 Å². The van der Waals surface area contributed by atoms with Gasteiger partial charge in [0.15, 0.2) is 17.8 Å². The Labute approximate surface area is 196 Å². The van der Waals surface area contributed by atoms with Crippen molar-refractivity contribution in [1.82, 2.24) is 4.90 Å². The van der Waals surface area contributed by atoms with Crippen molar-refractivity contribution in [1.29, 1.82) is 0 Å². The molecule has 0 atom stereocenters. The predicted molar refractivity (Wildman–Crippen MR) is 125 cm³/mol. The number of allylic oxidation sites excluding steroid dienone is 1. The molecule has 1 amide bonds. The molecule has 3 heterocycles. The van der Waals surface area contributed by atoms with E-state index in [0.717, 1.165) is 0 Å². The van der Waals surface area contributed by atoms with Gasteiger partial charge in [0, 0.05) is 33.1 Å². The van der Waals surface area contributed by atoms with Gasteiger partial charge in [0.2, 0.25) is 11.7 Å². The average molecular weight is 467 g/mol. The zero-order chi connectivity index (χ0) is 24.4. The molecular weight excluding hydrogens is 441 g/mol. The number of fused-ring (bicyclic) bond motifs is 1. The number of pyridine rings is 1. The molecule has 0 aliphatic carbocycles. The maximum atomic E-state index is 15.4. The minimum Gasteiger partial charge on any atom is -0.618 e. The van der Waals surface area contributed by atoms with E-state index in [0.29, 0.717) is 36.7 Å². The first-order valence-corrected chi connectivity index (χ1v) is 11.1. The number of ether oxygens (including phenoxy) is 1. The van der Waals surface area contributed by atoms with Gasteiger partial charge in [-0.25, -0.2) is 4.39 Å². The third-order valence-corrected chi connectivity index (χ3v) is 5.62. The highest BCUT2D eigenvalue weighted by Gasteiger charge is 2.29. The van der Waals surface area contributed by atoms with Gasteiger partial charge in [0.05, 0.1) is 23.3 Å². The van der Waals surface area contributed by atoms with Gasteiger partial charge in [-0.05, 0) is 50.3 Å². The Morgan fingerprint density at radius 3 is 2.59 bits per heavy atom. The SMILES string of the molecule is CC(=O)N1CCN(c2c(F)cc3cc(C(=O)C=Cc4ccco4)c[n+]([O-])c3c2OC(C)C)CC1. The molecule has 0 unspecified atom stereocenters. The van der Waals surface area contributed by atoms with Gasteiger partial charge in [-0.3, -0.25) is 9.59 Å². The van der Waals surface area contributed by atoms with Gasteiger partial charge in [-0.1, -0.05) is 0 Å². The van der Waals surface area contributed by atoms with E-state index in [4.69, 9.17) is 9.15 Å². The molecule has 1 saturated heterocycles. The number of ketones is 1. The lowest BCUT2D eigenvalue weighted by atomic mass is 10.1. The van der Waals surface area contributed by atoms with E-state index in [1.807, 2.05) is 0 Å². The van der Waals surface area contributed by atoms with Gasteiger partial charge < -0.3 is 24.2 Å². The summed E-state index contributed by atoms with van der Waals surface area (Å²) in [5.41, 5.74) is 0.444. The average Bonchev–Trinajstić information content (AvgIpc) is 3.30. The van der Waals surface area contributed by atoms with Crippen molar-refractivity contribution >= 4 is 34.4 Å². The molecule has 9 heteroatoms. The van der Waals surface area contributed by atoms with Crippen LogP contribution >= 0.6 is 0 Å². The van der Waals surface area contributed by atoms with E-state index >= 15 is 4.39 Å². The summed E-state index contributed by atoms with van der Waals surface area (Å²) in [7, 11) is 0. The Kier molecular flexibility index (Phi) is 6.54. The van der Waals surface area contributed by atoms with Crippen LogP contribution in [0.2, 0.25) is 0 Å². The number of furan rings is 1. The lowest BCUT2D eigenvalue weighted by Gasteiger charge is -2.36. The van der Waals surface area contributed by atoms with Crippen LogP contribution in [0.25, 0.3) is 17.0 Å². The van der Waals surface area contributed by atoms with Gasteiger partial charge in [0.1, 0.15) is 11.4 Å². The van der Waals surface area contributed by atoms with Crippen LogP contribution in [0, 0.1) is 11.0 Å². The van der Waals surface area contributed by atoms with Crippen LogP contribution in [0.1, 0.15) is 36.9 Å². The number of halogens is 1. The molecule has 4 rings (SSSR count). The summed E-state index contributed by atoms with van der Waals surface area (Å²) in [4.78, 5) is 27.8. The van der Waals surface area contributed by atoms with Crippen LogP contribution in [-0.4, -0.2) is 48.9 Å². The molecule has 3 aromatic rings. The minimum absolute atomic E-state index is 0.0343. The maximum Gasteiger partial charge on any atom is 0.268 e. The van der Waals surface area contributed by atoms with Crippen molar-refractivity contribution in [2.45, 2.75) is 26.9 Å².